The molecule has 0 aliphatic rings. The molecule has 6 nitrogen and oxygen atoms in total. The zero-order chi connectivity index (χ0) is 17.8. The van der Waals surface area contributed by atoms with Crippen LogP contribution in [0.1, 0.15) is 23.0 Å². The molecule has 0 amide bonds. The van der Waals surface area contributed by atoms with Gasteiger partial charge in [0.25, 0.3) is 5.56 Å². The Balaban J connectivity index is 1.80. The fraction of sp³-hybridized carbons (Fsp3) is 0.167. The highest BCUT2D eigenvalue weighted by Gasteiger charge is 2.14. The Bertz CT molecular complexity index is 984. The third kappa shape index (κ3) is 3.80. The second-order valence-electron chi connectivity index (χ2n) is 5.17. The Hall–Kier alpha value is -2.86. The van der Waals surface area contributed by atoms with Crippen LogP contribution in [0.3, 0.4) is 0 Å². The summed E-state index contributed by atoms with van der Waals surface area (Å²) in [5, 5.41) is 0.433. The average Bonchev–Trinajstić information content (AvgIpc) is 2.61. The van der Waals surface area contributed by atoms with Gasteiger partial charge in [0.1, 0.15) is 23.6 Å². The summed E-state index contributed by atoms with van der Waals surface area (Å²) in [6.07, 6.45) is 1.49. The van der Waals surface area contributed by atoms with Crippen molar-refractivity contribution < 1.29 is 14.3 Å². The predicted molar refractivity (Wildman–Crippen MR) is 93.2 cm³/mol. The van der Waals surface area contributed by atoms with Crippen molar-refractivity contribution >= 4 is 23.2 Å². The molecule has 0 unspecified atom stereocenters. The molecule has 0 aliphatic heterocycles. The SMILES string of the molecule is CCOc1ccccc1C(=O)OCc1cc(=O)n2cc(Cl)ccc2n1. The van der Waals surface area contributed by atoms with Crippen molar-refractivity contribution in [2.75, 3.05) is 6.61 Å². The maximum atomic E-state index is 12.3. The second-order valence-corrected chi connectivity index (χ2v) is 5.60. The molecule has 2 aromatic heterocycles. The van der Waals surface area contributed by atoms with Gasteiger partial charge in [0.2, 0.25) is 0 Å². The third-order valence-corrected chi connectivity index (χ3v) is 3.66. The van der Waals surface area contributed by atoms with E-state index < -0.39 is 5.97 Å². The van der Waals surface area contributed by atoms with Gasteiger partial charge in [-0.15, -0.1) is 0 Å². The van der Waals surface area contributed by atoms with Crippen LogP contribution in [0.2, 0.25) is 5.02 Å². The van der Waals surface area contributed by atoms with Crippen LogP contribution in [0.4, 0.5) is 0 Å². The summed E-state index contributed by atoms with van der Waals surface area (Å²) in [5.74, 6) is -0.0849. The minimum Gasteiger partial charge on any atom is -0.493 e. The Kier molecular flexibility index (Phi) is 5.00. The minimum atomic E-state index is -0.540. The topological polar surface area (TPSA) is 69.9 Å². The molecule has 0 N–H and O–H groups in total. The smallest absolute Gasteiger partial charge is 0.342 e. The number of pyridine rings is 1. The van der Waals surface area contributed by atoms with E-state index in [9.17, 15) is 9.59 Å². The Morgan fingerprint density at radius 1 is 1.24 bits per heavy atom. The molecule has 0 spiro atoms. The van der Waals surface area contributed by atoms with E-state index in [-0.39, 0.29) is 12.2 Å². The lowest BCUT2D eigenvalue weighted by Gasteiger charge is -2.10. The summed E-state index contributed by atoms with van der Waals surface area (Å²) < 4.78 is 12.0. The maximum Gasteiger partial charge on any atom is 0.342 e. The van der Waals surface area contributed by atoms with Gasteiger partial charge in [-0.3, -0.25) is 9.20 Å². The average molecular weight is 359 g/mol. The fourth-order valence-electron chi connectivity index (χ4n) is 2.33. The van der Waals surface area contributed by atoms with Gasteiger partial charge in [0, 0.05) is 12.3 Å². The molecule has 1 aromatic carbocycles. The van der Waals surface area contributed by atoms with E-state index in [0.29, 0.717) is 34.3 Å². The molecule has 25 heavy (non-hydrogen) atoms. The molecule has 3 aromatic rings. The quantitative estimate of drug-likeness (QED) is 0.655. The monoisotopic (exact) mass is 358 g/mol. The number of esters is 1. The van der Waals surface area contributed by atoms with Gasteiger partial charge in [0.05, 0.1) is 17.3 Å². The molecule has 0 saturated carbocycles. The number of carbonyl (C=O) groups is 1. The zero-order valence-corrected chi connectivity index (χ0v) is 14.2. The van der Waals surface area contributed by atoms with Crippen LogP contribution < -0.4 is 10.3 Å². The predicted octanol–water partition coefficient (Wildman–Crippen LogP) is 3.10. The van der Waals surface area contributed by atoms with E-state index in [1.54, 1.807) is 36.4 Å². The number of carbonyl (C=O) groups excluding carboxylic acids is 1. The molecule has 0 radical (unpaired) electrons. The summed E-state index contributed by atoms with van der Waals surface area (Å²) in [5.41, 5.74) is 0.814. The molecule has 0 atom stereocenters. The highest BCUT2D eigenvalue weighted by Crippen LogP contribution is 2.19. The first-order valence-electron chi connectivity index (χ1n) is 7.65. The maximum absolute atomic E-state index is 12.3. The van der Waals surface area contributed by atoms with Crippen LogP contribution >= 0.6 is 11.6 Å². The molecule has 3 rings (SSSR count). The van der Waals surface area contributed by atoms with Gasteiger partial charge in [-0.1, -0.05) is 23.7 Å². The van der Waals surface area contributed by atoms with E-state index in [2.05, 4.69) is 4.98 Å². The molecular formula is C18H15ClN2O4. The molecular weight excluding hydrogens is 344 g/mol. The number of fused-ring (bicyclic) bond motifs is 1. The van der Waals surface area contributed by atoms with Gasteiger partial charge >= 0.3 is 5.97 Å². The van der Waals surface area contributed by atoms with Gasteiger partial charge in [0.15, 0.2) is 0 Å². The number of aromatic nitrogens is 2. The van der Waals surface area contributed by atoms with Crippen molar-refractivity contribution in [1.29, 1.82) is 0 Å². The van der Waals surface area contributed by atoms with Crippen LogP contribution in [0.25, 0.3) is 5.65 Å². The first-order chi connectivity index (χ1) is 12.1. The normalized spacial score (nSPS) is 10.6. The number of benzene rings is 1. The standard InChI is InChI=1S/C18H15ClN2O4/c1-2-24-15-6-4-3-5-14(15)18(23)25-11-13-9-17(22)21-10-12(19)7-8-16(21)20-13/h3-10H,2,11H2,1H3. The molecule has 7 heteroatoms. The van der Waals surface area contributed by atoms with E-state index in [1.165, 1.54) is 16.7 Å². The Labute approximate surface area is 148 Å². The lowest BCUT2D eigenvalue weighted by Crippen LogP contribution is -2.16. The number of nitrogens with zero attached hydrogens (tertiary/aromatic N) is 2. The zero-order valence-electron chi connectivity index (χ0n) is 13.4. The third-order valence-electron chi connectivity index (χ3n) is 3.43. The van der Waals surface area contributed by atoms with E-state index in [1.807, 2.05) is 6.92 Å². The molecule has 0 saturated heterocycles. The van der Waals surface area contributed by atoms with Gasteiger partial charge < -0.3 is 9.47 Å². The highest BCUT2D eigenvalue weighted by atomic mass is 35.5. The van der Waals surface area contributed by atoms with E-state index in [4.69, 9.17) is 21.1 Å². The lowest BCUT2D eigenvalue weighted by molar-refractivity contribution is 0.0463. The summed E-state index contributed by atoms with van der Waals surface area (Å²) >= 11 is 5.87. The number of hydrogen-bond donors (Lipinski definition) is 0. The first-order valence-corrected chi connectivity index (χ1v) is 8.03. The summed E-state index contributed by atoms with van der Waals surface area (Å²) in [4.78, 5) is 28.7. The molecule has 2 heterocycles. The number of halogens is 1. The van der Waals surface area contributed by atoms with Crippen molar-refractivity contribution in [3.8, 4) is 5.75 Å². The van der Waals surface area contributed by atoms with Crippen molar-refractivity contribution in [3.05, 3.63) is 75.3 Å². The van der Waals surface area contributed by atoms with Crippen LogP contribution in [0, 0.1) is 0 Å². The summed E-state index contributed by atoms with van der Waals surface area (Å²) in [6, 6.07) is 11.4. The number of para-hydroxylation sites is 1. The van der Waals surface area contributed by atoms with Gasteiger partial charge in [-0.25, -0.2) is 9.78 Å². The summed E-state index contributed by atoms with van der Waals surface area (Å²) in [6.45, 7) is 2.16. The van der Waals surface area contributed by atoms with Gasteiger partial charge in [-0.2, -0.15) is 0 Å². The van der Waals surface area contributed by atoms with Crippen molar-refractivity contribution in [1.82, 2.24) is 9.38 Å². The van der Waals surface area contributed by atoms with Crippen molar-refractivity contribution in [2.45, 2.75) is 13.5 Å². The first kappa shape index (κ1) is 17.0. The number of ether oxygens (including phenoxy) is 2. The molecule has 0 fully saturated rings. The van der Waals surface area contributed by atoms with Crippen LogP contribution in [-0.2, 0) is 11.3 Å². The molecule has 0 bridgehead atoms. The van der Waals surface area contributed by atoms with Crippen LogP contribution in [0.5, 0.6) is 5.75 Å². The number of hydrogen-bond acceptors (Lipinski definition) is 5. The van der Waals surface area contributed by atoms with Crippen LogP contribution in [-0.4, -0.2) is 22.0 Å². The minimum absolute atomic E-state index is 0.117. The van der Waals surface area contributed by atoms with Crippen LogP contribution in [0.15, 0.2) is 53.5 Å². The van der Waals surface area contributed by atoms with E-state index in [0.717, 1.165) is 0 Å². The molecule has 0 aliphatic carbocycles. The fourth-order valence-corrected chi connectivity index (χ4v) is 2.49. The van der Waals surface area contributed by atoms with Crippen molar-refractivity contribution in [2.24, 2.45) is 0 Å². The molecule has 128 valence electrons. The summed E-state index contributed by atoms with van der Waals surface area (Å²) in [7, 11) is 0. The number of rotatable bonds is 5. The van der Waals surface area contributed by atoms with Crippen molar-refractivity contribution in [3.63, 3.8) is 0 Å². The Morgan fingerprint density at radius 3 is 2.84 bits per heavy atom. The lowest BCUT2D eigenvalue weighted by atomic mass is 10.2. The second kappa shape index (κ2) is 7.36. The largest absolute Gasteiger partial charge is 0.493 e. The van der Waals surface area contributed by atoms with E-state index >= 15 is 0 Å². The Morgan fingerprint density at radius 2 is 2.04 bits per heavy atom. The van der Waals surface area contributed by atoms with Gasteiger partial charge in [-0.05, 0) is 31.2 Å². The highest BCUT2D eigenvalue weighted by molar-refractivity contribution is 6.30.